The molecule has 0 amide bonds. The number of alkyl halides is 3. The molecule has 0 saturated heterocycles. The molecular formula is C11H6F3NO3. The third kappa shape index (κ3) is 2.34. The number of aromatic carboxylic acids is 1. The molecule has 2 rings (SSSR count). The van der Waals surface area contributed by atoms with Crippen LogP contribution >= 0.6 is 0 Å². The molecule has 0 saturated carbocycles. The standard InChI is InChI=1S/C11H6F3NO3/c12-11(13,14)10-15-8(5-18-10)6-2-1-3-7(4-6)9(16)17/h1-5H,(H,16,17). The van der Waals surface area contributed by atoms with Crippen LogP contribution in [0.25, 0.3) is 11.3 Å². The largest absolute Gasteiger partial charge is 0.478 e. The van der Waals surface area contributed by atoms with Gasteiger partial charge >= 0.3 is 18.0 Å². The van der Waals surface area contributed by atoms with E-state index in [1.807, 2.05) is 0 Å². The van der Waals surface area contributed by atoms with E-state index in [0.29, 0.717) is 0 Å². The maximum atomic E-state index is 12.3. The third-order valence-corrected chi connectivity index (χ3v) is 2.15. The number of carbonyl (C=O) groups is 1. The van der Waals surface area contributed by atoms with Gasteiger partial charge in [-0.15, -0.1) is 0 Å². The lowest BCUT2D eigenvalue weighted by Gasteiger charge is -1.99. The summed E-state index contributed by atoms with van der Waals surface area (Å²) in [4.78, 5) is 14.0. The zero-order valence-corrected chi connectivity index (χ0v) is 8.73. The summed E-state index contributed by atoms with van der Waals surface area (Å²) < 4.78 is 41.1. The lowest BCUT2D eigenvalue weighted by atomic mass is 10.1. The number of halogens is 3. The van der Waals surface area contributed by atoms with E-state index in [4.69, 9.17) is 5.11 Å². The second-order valence-electron chi connectivity index (χ2n) is 3.42. The summed E-state index contributed by atoms with van der Waals surface area (Å²) in [6, 6.07) is 5.42. The topological polar surface area (TPSA) is 63.3 Å². The fourth-order valence-corrected chi connectivity index (χ4v) is 1.35. The lowest BCUT2D eigenvalue weighted by Crippen LogP contribution is -2.04. The van der Waals surface area contributed by atoms with Gasteiger partial charge in [0.15, 0.2) is 0 Å². The van der Waals surface area contributed by atoms with Crippen LogP contribution in [0.4, 0.5) is 13.2 Å². The van der Waals surface area contributed by atoms with Gasteiger partial charge in [0.1, 0.15) is 12.0 Å². The predicted molar refractivity (Wildman–Crippen MR) is 53.9 cm³/mol. The van der Waals surface area contributed by atoms with Crippen LogP contribution < -0.4 is 0 Å². The molecule has 94 valence electrons. The highest BCUT2D eigenvalue weighted by atomic mass is 19.4. The molecule has 0 aliphatic heterocycles. The second-order valence-corrected chi connectivity index (χ2v) is 3.42. The molecule has 1 aromatic heterocycles. The SMILES string of the molecule is O=C(O)c1cccc(-c2coc(C(F)(F)F)n2)c1. The number of hydrogen-bond donors (Lipinski definition) is 1. The number of carboxylic acids is 1. The van der Waals surface area contributed by atoms with Crippen molar-refractivity contribution in [3.8, 4) is 11.3 Å². The number of aromatic nitrogens is 1. The fraction of sp³-hybridized carbons (Fsp3) is 0.0909. The molecule has 0 aliphatic carbocycles. The Kier molecular flexibility index (Phi) is 2.82. The molecule has 0 bridgehead atoms. The third-order valence-electron chi connectivity index (χ3n) is 2.15. The van der Waals surface area contributed by atoms with E-state index in [9.17, 15) is 18.0 Å². The van der Waals surface area contributed by atoms with Crippen molar-refractivity contribution in [3.63, 3.8) is 0 Å². The summed E-state index contributed by atoms with van der Waals surface area (Å²) in [5.74, 6) is -2.53. The minimum Gasteiger partial charge on any atom is -0.478 e. The first-order valence-corrected chi connectivity index (χ1v) is 4.74. The summed E-state index contributed by atoms with van der Waals surface area (Å²) in [5, 5.41) is 8.77. The zero-order chi connectivity index (χ0) is 13.3. The van der Waals surface area contributed by atoms with E-state index >= 15 is 0 Å². The van der Waals surface area contributed by atoms with E-state index < -0.39 is 18.0 Å². The van der Waals surface area contributed by atoms with Crippen LogP contribution in [0.3, 0.4) is 0 Å². The van der Waals surface area contributed by atoms with Crippen LogP contribution in [0, 0.1) is 0 Å². The number of rotatable bonds is 2. The first-order chi connectivity index (χ1) is 8.38. The Hall–Kier alpha value is -2.31. The van der Waals surface area contributed by atoms with Gasteiger partial charge in [0, 0.05) is 5.56 Å². The molecule has 0 atom stereocenters. The Morgan fingerprint density at radius 2 is 2.06 bits per heavy atom. The molecule has 0 aliphatic rings. The van der Waals surface area contributed by atoms with Crippen LogP contribution in [-0.4, -0.2) is 16.1 Å². The molecule has 2 aromatic rings. The summed E-state index contributed by atoms with van der Waals surface area (Å²) in [5.41, 5.74) is 0.142. The highest BCUT2D eigenvalue weighted by molar-refractivity contribution is 5.89. The molecule has 0 fully saturated rings. The Labute approximate surface area is 98.7 Å². The monoisotopic (exact) mass is 257 g/mol. The minimum atomic E-state index is -4.66. The van der Waals surface area contributed by atoms with Gasteiger partial charge in [-0.2, -0.15) is 13.2 Å². The average molecular weight is 257 g/mol. The normalized spacial score (nSPS) is 11.5. The van der Waals surface area contributed by atoms with Crippen molar-refractivity contribution in [2.45, 2.75) is 6.18 Å². The second kappa shape index (κ2) is 4.17. The van der Waals surface area contributed by atoms with Gasteiger partial charge in [0.2, 0.25) is 0 Å². The average Bonchev–Trinajstić information content (AvgIpc) is 2.78. The number of nitrogens with zero attached hydrogens (tertiary/aromatic N) is 1. The Balaban J connectivity index is 2.40. The molecular weight excluding hydrogens is 251 g/mol. The van der Waals surface area contributed by atoms with Crippen LogP contribution in [-0.2, 0) is 6.18 Å². The quantitative estimate of drug-likeness (QED) is 0.897. The molecule has 7 heteroatoms. The number of hydrogen-bond acceptors (Lipinski definition) is 3. The molecule has 1 aromatic carbocycles. The van der Waals surface area contributed by atoms with Crippen molar-refractivity contribution in [3.05, 3.63) is 42.0 Å². The Morgan fingerprint density at radius 1 is 1.33 bits per heavy atom. The van der Waals surface area contributed by atoms with Gasteiger partial charge in [0.25, 0.3) is 0 Å². The molecule has 4 nitrogen and oxygen atoms in total. The Morgan fingerprint density at radius 3 is 2.61 bits per heavy atom. The van der Waals surface area contributed by atoms with E-state index in [-0.39, 0.29) is 16.8 Å². The smallest absolute Gasteiger partial charge is 0.468 e. The van der Waals surface area contributed by atoms with Crippen LogP contribution in [0.5, 0.6) is 0 Å². The zero-order valence-electron chi connectivity index (χ0n) is 8.73. The van der Waals surface area contributed by atoms with Gasteiger partial charge in [0.05, 0.1) is 5.56 Å². The minimum absolute atomic E-state index is 0.0379. The number of carboxylic acid groups (broad SMARTS) is 1. The summed E-state index contributed by atoms with van der Waals surface area (Å²) in [6.07, 6.45) is -3.83. The summed E-state index contributed by atoms with van der Waals surface area (Å²) >= 11 is 0. The Bertz CT molecular complexity index is 589. The molecule has 18 heavy (non-hydrogen) atoms. The van der Waals surface area contributed by atoms with Gasteiger partial charge in [-0.05, 0) is 12.1 Å². The molecule has 1 heterocycles. The molecule has 0 spiro atoms. The maximum absolute atomic E-state index is 12.3. The maximum Gasteiger partial charge on any atom is 0.468 e. The van der Waals surface area contributed by atoms with Gasteiger partial charge < -0.3 is 9.52 Å². The predicted octanol–water partition coefficient (Wildman–Crippen LogP) is 3.06. The van der Waals surface area contributed by atoms with Gasteiger partial charge in [-0.25, -0.2) is 9.78 Å². The van der Waals surface area contributed by atoms with Crippen molar-refractivity contribution in [2.24, 2.45) is 0 Å². The molecule has 1 N–H and O–H groups in total. The van der Waals surface area contributed by atoms with Crippen LogP contribution in [0.15, 0.2) is 34.9 Å². The molecule has 0 radical (unpaired) electrons. The van der Waals surface area contributed by atoms with E-state index in [1.54, 1.807) is 0 Å². The van der Waals surface area contributed by atoms with Gasteiger partial charge in [-0.1, -0.05) is 12.1 Å². The van der Waals surface area contributed by atoms with E-state index in [0.717, 1.165) is 6.26 Å². The highest BCUT2D eigenvalue weighted by Gasteiger charge is 2.37. The van der Waals surface area contributed by atoms with E-state index in [2.05, 4.69) is 9.40 Å². The lowest BCUT2D eigenvalue weighted by molar-refractivity contribution is -0.157. The first-order valence-electron chi connectivity index (χ1n) is 4.74. The summed E-state index contributed by atoms with van der Waals surface area (Å²) in [6.45, 7) is 0. The molecule has 0 unspecified atom stereocenters. The summed E-state index contributed by atoms with van der Waals surface area (Å²) in [7, 11) is 0. The number of benzene rings is 1. The fourth-order valence-electron chi connectivity index (χ4n) is 1.35. The number of oxazole rings is 1. The van der Waals surface area contributed by atoms with Crippen molar-refractivity contribution in [1.29, 1.82) is 0 Å². The first kappa shape index (κ1) is 12.2. The van der Waals surface area contributed by atoms with Crippen molar-refractivity contribution in [2.75, 3.05) is 0 Å². The van der Waals surface area contributed by atoms with Crippen LogP contribution in [0.2, 0.25) is 0 Å². The van der Waals surface area contributed by atoms with Gasteiger partial charge in [-0.3, -0.25) is 0 Å². The van der Waals surface area contributed by atoms with Crippen molar-refractivity contribution in [1.82, 2.24) is 4.98 Å². The van der Waals surface area contributed by atoms with Crippen molar-refractivity contribution < 1.29 is 27.5 Å². The van der Waals surface area contributed by atoms with Crippen LogP contribution in [0.1, 0.15) is 16.2 Å². The van der Waals surface area contributed by atoms with E-state index in [1.165, 1.54) is 24.3 Å². The van der Waals surface area contributed by atoms with Crippen molar-refractivity contribution >= 4 is 5.97 Å². The highest BCUT2D eigenvalue weighted by Crippen LogP contribution is 2.30.